The standard InChI is InChI=1S/C14H25N3O3/c1-14(3-5-15-6-4-14)13(19)17-9-7-16(8-10-17)12(18)11-20-2/h15H,3-11H2,1-2H3. The van der Waals surface area contributed by atoms with Gasteiger partial charge in [-0.25, -0.2) is 0 Å². The molecule has 2 amide bonds. The Labute approximate surface area is 120 Å². The molecule has 0 bridgehead atoms. The van der Waals surface area contributed by atoms with E-state index in [1.165, 1.54) is 7.11 Å². The quantitative estimate of drug-likeness (QED) is 0.772. The number of carbonyl (C=O) groups excluding carboxylic acids is 2. The lowest BCUT2D eigenvalue weighted by Crippen LogP contribution is -2.55. The van der Waals surface area contributed by atoms with Crippen molar-refractivity contribution in [2.24, 2.45) is 5.41 Å². The van der Waals surface area contributed by atoms with Crippen LogP contribution in [0, 0.1) is 5.41 Å². The lowest BCUT2D eigenvalue weighted by atomic mass is 9.79. The summed E-state index contributed by atoms with van der Waals surface area (Å²) in [4.78, 5) is 28.1. The molecule has 0 saturated carbocycles. The van der Waals surface area contributed by atoms with Crippen molar-refractivity contribution < 1.29 is 14.3 Å². The molecule has 2 saturated heterocycles. The molecular weight excluding hydrogens is 258 g/mol. The fraction of sp³-hybridized carbons (Fsp3) is 0.857. The number of piperazine rings is 1. The van der Waals surface area contributed by atoms with Crippen molar-refractivity contribution in [1.82, 2.24) is 15.1 Å². The summed E-state index contributed by atoms with van der Waals surface area (Å²) in [5.74, 6) is 0.255. The number of hydrogen-bond donors (Lipinski definition) is 1. The van der Waals surface area contributed by atoms with Crippen molar-refractivity contribution in [3.05, 3.63) is 0 Å². The van der Waals surface area contributed by atoms with Gasteiger partial charge in [-0.05, 0) is 25.9 Å². The summed E-state index contributed by atoms with van der Waals surface area (Å²) in [7, 11) is 1.52. The Morgan fingerprint density at radius 3 is 2.20 bits per heavy atom. The molecule has 2 rings (SSSR count). The Balaban J connectivity index is 1.87. The Morgan fingerprint density at radius 2 is 1.65 bits per heavy atom. The largest absolute Gasteiger partial charge is 0.375 e. The van der Waals surface area contributed by atoms with E-state index < -0.39 is 0 Å². The second-order valence-electron chi connectivity index (χ2n) is 5.92. The third-order valence-corrected chi connectivity index (χ3v) is 4.41. The summed E-state index contributed by atoms with van der Waals surface area (Å²) >= 11 is 0. The van der Waals surface area contributed by atoms with Gasteiger partial charge in [0.1, 0.15) is 6.61 Å². The molecule has 2 fully saturated rings. The smallest absolute Gasteiger partial charge is 0.248 e. The van der Waals surface area contributed by atoms with Gasteiger partial charge in [-0.2, -0.15) is 0 Å². The molecule has 6 heteroatoms. The molecule has 0 spiro atoms. The predicted octanol–water partition coefficient (Wildman–Crippen LogP) is -0.307. The van der Waals surface area contributed by atoms with Gasteiger partial charge in [-0.3, -0.25) is 9.59 Å². The summed E-state index contributed by atoms with van der Waals surface area (Å²) in [5.41, 5.74) is -0.232. The van der Waals surface area contributed by atoms with Crippen LogP contribution >= 0.6 is 0 Å². The minimum absolute atomic E-state index is 0.00711. The SMILES string of the molecule is COCC(=O)N1CCN(C(=O)C2(C)CCNCC2)CC1. The highest BCUT2D eigenvalue weighted by Gasteiger charge is 2.38. The number of carbonyl (C=O) groups is 2. The van der Waals surface area contributed by atoms with Crippen LogP contribution < -0.4 is 5.32 Å². The molecule has 20 heavy (non-hydrogen) atoms. The van der Waals surface area contributed by atoms with Gasteiger partial charge in [0.15, 0.2) is 0 Å². The van der Waals surface area contributed by atoms with E-state index in [2.05, 4.69) is 12.2 Å². The molecule has 0 aliphatic carbocycles. The molecule has 0 aromatic rings. The van der Waals surface area contributed by atoms with Crippen LogP contribution in [0.25, 0.3) is 0 Å². The summed E-state index contributed by atoms with van der Waals surface area (Å²) < 4.78 is 4.86. The van der Waals surface area contributed by atoms with Crippen molar-refractivity contribution in [2.75, 3.05) is 53.0 Å². The van der Waals surface area contributed by atoms with Crippen molar-refractivity contribution >= 4 is 11.8 Å². The van der Waals surface area contributed by atoms with Gasteiger partial charge in [0, 0.05) is 38.7 Å². The van der Waals surface area contributed by atoms with Crippen molar-refractivity contribution in [2.45, 2.75) is 19.8 Å². The minimum atomic E-state index is -0.232. The number of piperidine rings is 1. The molecule has 2 aliphatic rings. The minimum Gasteiger partial charge on any atom is -0.375 e. The second-order valence-corrected chi connectivity index (χ2v) is 5.92. The number of nitrogens with zero attached hydrogens (tertiary/aromatic N) is 2. The summed E-state index contributed by atoms with van der Waals surface area (Å²) in [6.45, 7) is 6.51. The van der Waals surface area contributed by atoms with Crippen molar-refractivity contribution in [1.29, 1.82) is 0 Å². The zero-order valence-electron chi connectivity index (χ0n) is 12.5. The molecule has 2 heterocycles. The lowest BCUT2D eigenvalue weighted by molar-refractivity contribution is -0.148. The van der Waals surface area contributed by atoms with Crippen LogP contribution in [0.15, 0.2) is 0 Å². The highest BCUT2D eigenvalue weighted by Crippen LogP contribution is 2.30. The first-order chi connectivity index (χ1) is 9.57. The van der Waals surface area contributed by atoms with Gasteiger partial charge in [0.2, 0.25) is 11.8 Å². The van der Waals surface area contributed by atoms with Gasteiger partial charge in [-0.1, -0.05) is 6.92 Å². The number of hydrogen-bond acceptors (Lipinski definition) is 4. The van der Waals surface area contributed by atoms with Crippen molar-refractivity contribution in [3.8, 4) is 0 Å². The molecule has 0 aromatic heterocycles. The Kier molecular flexibility index (Phi) is 4.99. The lowest BCUT2D eigenvalue weighted by Gasteiger charge is -2.41. The van der Waals surface area contributed by atoms with E-state index in [0.29, 0.717) is 26.2 Å². The number of methoxy groups -OCH3 is 1. The van der Waals surface area contributed by atoms with Gasteiger partial charge < -0.3 is 19.9 Å². The molecule has 6 nitrogen and oxygen atoms in total. The highest BCUT2D eigenvalue weighted by molar-refractivity contribution is 5.83. The van der Waals surface area contributed by atoms with Crippen LogP contribution in [0.3, 0.4) is 0 Å². The summed E-state index contributed by atoms with van der Waals surface area (Å²) in [6, 6.07) is 0. The first kappa shape index (κ1) is 15.3. The maximum atomic E-state index is 12.6. The fourth-order valence-electron chi connectivity index (χ4n) is 2.95. The molecule has 0 radical (unpaired) electrons. The van der Waals surface area contributed by atoms with E-state index in [1.807, 2.05) is 4.90 Å². The number of ether oxygens (including phenoxy) is 1. The van der Waals surface area contributed by atoms with Crippen LogP contribution in [-0.4, -0.2) is 74.6 Å². The maximum absolute atomic E-state index is 12.6. The first-order valence-corrected chi connectivity index (χ1v) is 7.34. The third-order valence-electron chi connectivity index (χ3n) is 4.41. The molecule has 2 aliphatic heterocycles. The average Bonchev–Trinajstić information content (AvgIpc) is 2.48. The predicted molar refractivity (Wildman–Crippen MR) is 75.2 cm³/mol. The van der Waals surface area contributed by atoms with Crippen molar-refractivity contribution in [3.63, 3.8) is 0 Å². The number of rotatable bonds is 3. The van der Waals surface area contributed by atoms with E-state index in [9.17, 15) is 9.59 Å². The summed E-state index contributed by atoms with van der Waals surface area (Å²) in [6.07, 6.45) is 1.79. The number of amides is 2. The average molecular weight is 283 g/mol. The molecule has 0 aromatic carbocycles. The third kappa shape index (κ3) is 3.30. The Hall–Kier alpha value is -1.14. The topological polar surface area (TPSA) is 61.9 Å². The van der Waals surface area contributed by atoms with Gasteiger partial charge in [0.25, 0.3) is 0 Å². The normalized spacial score (nSPS) is 22.7. The van der Waals surface area contributed by atoms with E-state index in [4.69, 9.17) is 4.74 Å². The van der Waals surface area contributed by atoms with Gasteiger partial charge >= 0.3 is 0 Å². The van der Waals surface area contributed by atoms with E-state index in [1.54, 1.807) is 4.90 Å². The van der Waals surface area contributed by atoms with Crippen LogP contribution in [0.2, 0.25) is 0 Å². The fourth-order valence-corrected chi connectivity index (χ4v) is 2.95. The molecule has 1 N–H and O–H groups in total. The molecule has 0 unspecified atom stereocenters. The zero-order valence-corrected chi connectivity index (χ0v) is 12.5. The van der Waals surface area contributed by atoms with E-state index in [-0.39, 0.29) is 23.8 Å². The first-order valence-electron chi connectivity index (χ1n) is 7.34. The second kappa shape index (κ2) is 6.54. The maximum Gasteiger partial charge on any atom is 0.248 e. The summed E-state index contributed by atoms with van der Waals surface area (Å²) in [5, 5.41) is 3.30. The van der Waals surface area contributed by atoms with Crippen LogP contribution in [-0.2, 0) is 14.3 Å². The van der Waals surface area contributed by atoms with E-state index in [0.717, 1.165) is 25.9 Å². The van der Waals surface area contributed by atoms with E-state index >= 15 is 0 Å². The monoisotopic (exact) mass is 283 g/mol. The molecular formula is C14H25N3O3. The molecule has 114 valence electrons. The Bertz CT molecular complexity index is 359. The number of nitrogens with one attached hydrogen (secondary N) is 1. The van der Waals surface area contributed by atoms with Crippen LogP contribution in [0.5, 0.6) is 0 Å². The highest BCUT2D eigenvalue weighted by atomic mass is 16.5. The van der Waals surface area contributed by atoms with Gasteiger partial charge in [0.05, 0.1) is 0 Å². The van der Waals surface area contributed by atoms with Crippen LogP contribution in [0.4, 0.5) is 0 Å². The van der Waals surface area contributed by atoms with Gasteiger partial charge in [-0.15, -0.1) is 0 Å². The van der Waals surface area contributed by atoms with Crippen LogP contribution in [0.1, 0.15) is 19.8 Å². The molecule has 0 atom stereocenters. The zero-order chi connectivity index (χ0) is 14.6. The Morgan fingerprint density at radius 1 is 1.10 bits per heavy atom.